The molecule has 2 aromatic heterocycles. The van der Waals surface area contributed by atoms with Crippen molar-refractivity contribution in [1.29, 1.82) is 0 Å². The molecule has 72 valence electrons. The summed E-state index contributed by atoms with van der Waals surface area (Å²) < 4.78 is 5.13. The molecule has 0 atom stereocenters. The van der Waals surface area contributed by atoms with Crippen LogP contribution in [0.5, 0.6) is 0 Å². The Balaban J connectivity index is 2.23. The van der Waals surface area contributed by atoms with E-state index in [2.05, 4.69) is 15.2 Å². The molecule has 3 rings (SSSR count). The molecule has 0 radical (unpaired) electrons. The first-order valence-corrected chi connectivity index (χ1v) is 4.80. The van der Waals surface area contributed by atoms with Crippen LogP contribution in [0, 0.1) is 0 Å². The Hall–Kier alpha value is -1.13. The van der Waals surface area contributed by atoms with E-state index in [1.807, 2.05) is 6.07 Å². The van der Waals surface area contributed by atoms with Crippen molar-refractivity contribution >= 4 is 22.5 Å². The highest BCUT2D eigenvalue weighted by molar-refractivity contribution is 6.34. The quantitative estimate of drug-likeness (QED) is 0.728. The molecule has 0 aromatic carbocycles. The van der Waals surface area contributed by atoms with E-state index < -0.39 is 0 Å². The number of rotatable bonds is 1. The first-order valence-electron chi connectivity index (χ1n) is 4.42. The second-order valence-electron chi connectivity index (χ2n) is 3.37. The van der Waals surface area contributed by atoms with Crippen molar-refractivity contribution < 1.29 is 4.74 Å². The third kappa shape index (κ3) is 1.04. The Morgan fingerprint density at radius 2 is 2.36 bits per heavy atom. The number of halogens is 1. The second kappa shape index (κ2) is 2.93. The highest BCUT2D eigenvalue weighted by Crippen LogP contribution is 2.31. The van der Waals surface area contributed by atoms with E-state index >= 15 is 0 Å². The van der Waals surface area contributed by atoms with Gasteiger partial charge in [-0.15, -0.1) is 0 Å². The van der Waals surface area contributed by atoms with Crippen LogP contribution in [-0.4, -0.2) is 28.4 Å². The van der Waals surface area contributed by atoms with Crippen molar-refractivity contribution in [2.45, 2.75) is 5.92 Å². The third-order valence-electron chi connectivity index (χ3n) is 2.48. The lowest BCUT2D eigenvalue weighted by molar-refractivity contribution is 0.00725. The molecule has 0 amide bonds. The molecule has 1 aliphatic heterocycles. The lowest BCUT2D eigenvalue weighted by atomic mass is 10.0. The number of ether oxygens (including phenoxy) is 1. The fourth-order valence-electron chi connectivity index (χ4n) is 1.64. The summed E-state index contributed by atoms with van der Waals surface area (Å²) in [5.74, 6) is 0.366. The minimum atomic E-state index is 0.366. The molecule has 0 spiro atoms. The minimum Gasteiger partial charge on any atom is -0.380 e. The maximum absolute atomic E-state index is 6.02. The predicted molar refractivity (Wildman–Crippen MR) is 52.5 cm³/mol. The molecule has 3 heterocycles. The van der Waals surface area contributed by atoms with Gasteiger partial charge in [-0.05, 0) is 6.07 Å². The van der Waals surface area contributed by atoms with Gasteiger partial charge >= 0.3 is 0 Å². The molecule has 1 fully saturated rings. The van der Waals surface area contributed by atoms with Crippen LogP contribution >= 0.6 is 11.6 Å². The fraction of sp³-hybridized carbons (Fsp3) is 0.333. The Morgan fingerprint density at radius 3 is 3.07 bits per heavy atom. The average Bonchev–Trinajstić information content (AvgIpc) is 2.47. The van der Waals surface area contributed by atoms with E-state index in [9.17, 15) is 0 Å². The lowest BCUT2D eigenvalue weighted by Gasteiger charge is -2.24. The van der Waals surface area contributed by atoms with Gasteiger partial charge in [0.1, 0.15) is 5.15 Å². The SMILES string of the molecule is Clc1nccc2[nH]nc(C3COC3)c12. The molecule has 0 saturated carbocycles. The van der Waals surface area contributed by atoms with E-state index in [0.29, 0.717) is 11.1 Å². The number of hydrogen-bond acceptors (Lipinski definition) is 3. The van der Waals surface area contributed by atoms with Gasteiger partial charge in [-0.25, -0.2) is 4.98 Å². The highest BCUT2D eigenvalue weighted by atomic mass is 35.5. The molecule has 4 nitrogen and oxygen atoms in total. The number of aromatic amines is 1. The zero-order chi connectivity index (χ0) is 9.54. The van der Waals surface area contributed by atoms with Crippen LogP contribution < -0.4 is 0 Å². The molecule has 5 heteroatoms. The Labute approximate surface area is 85.2 Å². The van der Waals surface area contributed by atoms with Crippen molar-refractivity contribution in [3.05, 3.63) is 23.1 Å². The monoisotopic (exact) mass is 209 g/mol. The Kier molecular flexibility index (Phi) is 1.72. The Morgan fingerprint density at radius 1 is 1.50 bits per heavy atom. The van der Waals surface area contributed by atoms with Gasteiger partial charge < -0.3 is 4.74 Å². The Bertz CT molecular complexity index is 478. The van der Waals surface area contributed by atoms with Gasteiger partial charge in [0.25, 0.3) is 0 Å². The van der Waals surface area contributed by atoms with Crippen LogP contribution in [0.25, 0.3) is 10.9 Å². The molecule has 0 unspecified atom stereocenters. The predicted octanol–water partition coefficient (Wildman–Crippen LogP) is 1.73. The van der Waals surface area contributed by atoms with Gasteiger partial charge in [0.15, 0.2) is 0 Å². The number of fused-ring (bicyclic) bond motifs is 1. The van der Waals surface area contributed by atoms with Gasteiger partial charge in [0.05, 0.1) is 35.7 Å². The van der Waals surface area contributed by atoms with Crippen molar-refractivity contribution in [3.8, 4) is 0 Å². The standard InChI is InChI=1S/C9H8ClN3O/c10-9-7-6(1-2-11-9)12-13-8(7)5-3-14-4-5/h1-2,5H,3-4H2,(H,12,13). The first kappa shape index (κ1) is 8.20. The van der Waals surface area contributed by atoms with Crippen molar-refractivity contribution in [2.24, 2.45) is 0 Å². The summed E-state index contributed by atoms with van der Waals surface area (Å²) in [5, 5.41) is 8.64. The van der Waals surface area contributed by atoms with Crippen LogP contribution in [-0.2, 0) is 4.74 Å². The largest absolute Gasteiger partial charge is 0.380 e. The number of nitrogens with one attached hydrogen (secondary N) is 1. The smallest absolute Gasteiger partial charge is 0.140 e. The van der Waals surface area contributed by atoms with Crippen LogP contribution in [0.4, 0.5) is 0 Å². The molecule has 2 aromatic rings. The van der Waals surface area contributed by atoms with E-state index in [-0.39, 0.29) is 0 Å². The van der Waals surface area contributed by atoms with Crippen LogP contribution in [0.3, 0.4) is 0 Å². The van der Waals surface area contributed by atoms with E-state index in [0.717, 1.165) is 29.8 Å². The van der Waals surface area contributed by atoms with Gasteiger partial charge in [0.2, 0.25) is 0 Å². The maximum atomic E-state index is 6.02. The molecule has 14 heavy (non-hydrogen) atoms. The second-order valence-corrected chi connectivity index (χ2v) is 3.73. The third-order valence-corrected chi connectivity index (χ3v) is 2.77. The number of nitrogens with zero attached hydrogens (tertiary/aromatic N) is 2. The van der Waals surface area contributed by atoms with Crippen molar-refractivity contribution in [3.63, 3.8) is 0 Å². The summed E-state index contributed by atoms with van der Waals surface area (Å²) in [6.07, 6.45) is 1.67. The summed E-state index contributed by atoms with van der Waals surface area (Å²) >= 11 is 6.02. The molecular formula is C9H8ClN3O. The summed E-state index contributed by atoms with van der Waals surface area (Å²) in [6, 6.07) is 1.87. The zero-order valence-electron chi connectivity index (χ0n) is 7.33. The number of aromatic nitrogens is 3. The van der Waals surface area contributed by atoms with Crippen molar-refractivity contribution in [2.75, 3.05) is 13.2 Å². The summed E-state index contributed by atoms with van der Waals surface area (Å²) in [6.45, 7) is 1.45. The number of hydrogen-bond donors (Lipinski definition) is 1. The molecule has 1 aliphatic rings. The van der Waals surface area contributed by atoms with E-state index in [4.69, 9.17) is 16.3 Å². The van der Waals surface area contributed by atoms with Crippen molar-refractivity contribution in [1.82, 2.24) is 15.2 Å². The summed E-state index contributed by atoms with van der Waals surface area (Å²) in [4.78, 5) is 4.05. The van der Waals surface area contributed by atoms with Gasteiger partial charge in [-0.3, -0.25) is 5.10 Å². The summed E-state index contributed by atoms with van der Waals surface area (Å²) in [7, 11) is 0. The fourth-order valence-corrected chi connectivity index (χ4v) is 1.89. The molecule has 1 N–H and O–H groups in total. The molecule has 0 aliphatic carbocycles. The van der Waals surface area contributed by atoms with Gasteiger partial charge in [-0.2, -0.15) is 5.10 Å². The first-order chi connectivity index (χ1) is 6.86. The molecule has 1 saturated heterocycles. The number of H-pyrrole nitrogens is 1. The van der Waals surface area contributed by atoms with Crippen LogP contribution in [0.15, 0.2) is 12.3 Å². The van der Waals surface area contributed by atoms with Crippen LogP contribution in [0.1, 0.15) is 11.6 Å². The topological polar surface area (TPSA) is 50.8 Å². The van der Waals surface area contributed by atoms with E-state index in [1.165, 1.54) is 0 Å². The molecule has 0 bridgehead atoms. The lowest BCUT2D eigenvalue weighted by Crippen LogP contribution is -2.25. The van der Waals surface area contributed by atoms with Gasteiger partial charge in [0, 0.05) is 6.20 Å². The average molecular weight is 210 g/mol. The maximum Gasteiger partial charge on any atom is 0.140 e. The normalized spacial score (nSPS) is 17.2. The van der Waals surface area contributed by atoms with Gasteiger partial charge in [-0.1, -0.05) is 11.6 Å². The van der Waals surface area contributed by atoms with Crippen LogP contribution in [0.2, 0.25) is 5.15 Å². The number of pyridine rings is 1. The summed E-state index contributed by atoms with van der Waals surface area (Å²) in [5.41, 5.74) is 1.91. The highest BCUT2D eigenvalue weighted by Gasteiger charge is 2.26. The zero-order valence-corrected chi connectivity index (χ0v) is 8.08. The molecular weight excluding hydrogens is 202 g/mol. The van der Waals surface area contributed by atoms with E-state index in [1.54, 1.807) is 6.20 Å². The minimum absolute atomic E-state index is 0.366.